The number of piperidine rings is 1. The molecule has 0 aromatic carbocycles. The first-order valence-electron chi connectivity index (χ1n) is 7.34. The van der Waals surface area contributed by atoms with Crippen molar-refractivity contribution in [3.8, 4) is 0 Å². The van der Waals surface area contributed by atoms with Gasteiger partial charge in [-0.1, -0.05) is 19.0 Å². The minimum Gasteiger partial charge on any atom is -0.361 e. The molecule has 118 valence electrons. The van der Waals surface area contributed by atoms with Crippen molar-refractivity contribution in [2.45, 2.75) is 45.9 Å². The van der Waals surface area contributed by atoms with Gasteiger partial charge in [-0.05, 0) is 25.7 Å². The van der Waals surface area contributed by atoms with E-state index in [2.05, 4.69) is 19.0 Å². The molecule has 0 spiro atoms. The number of carbonyl (C=O) groups excluding carboxylic acids is 1. The molecule has 0 radical (unpaired) electrons. The maximum atomic E-state index is 12.3. The molecule has 1 unspecified atom stereocenters. The van der Waals surface area contributed by atoms with Crippen LogP contribution in [-0.4, -0.2) is 40.8 Å². The van der Waals surface area contributed by atoms with Gasteiger partial charge in [-0.15, -0.1) is 11.8 Å². The van der Waals surface area contributed by atoms with Crippen LogP contribution >= 0.6 is 11.8 Å². The van der Waals surface area contributed by atoms with Crippen molar-refractivity contribution < 1.29 is 9.32 Å². The molecule has 0 bridgehead atoms. The fourth-order valence-electron chi connectivity index (χ4n) is 2.63. The van der Waals surface area contributed by atoms with Crippen LogP contribution in [0.1, 0.15) is 37.3 Å². The molecule has 1 atom stereocenters. The fourth-order valence-corrected chi connectivity index (χ4v) is 3.70. The van der Waals surface area contributed by atoms with Crippen molar-refractivity contribution in [1.29, 1.82) is 0 Å². The van der Waals surface area contributed by atoms with E-state index in [0.717, 1.165) is 42.3 Å². The van der Waals surface area contributed by atoms with Crippen molar-refractivity contribution in [2.24, 2.45) is 11.1 Å². The summed E-state index contributed by atoms with van der Waals surface area (Å²) in [4.78, 5) is 14.3. The molecular weight excluding hydrogens is 286 g/mol. The summed E-state index contributed by atoms with van der Waals surface area (Å²) in [6.45, 7) is 9.63. The molecule has 1 amide bonds. The zero-order valence-corrected chi connectivity index (χ0v) is 14.1. The lowest BCUT2D eigenvalue weighted by molar-refractivity contribution is -0.131. The largest absolute Gasteiger partial charge is 0.361 e. The van der Waals surface area contributed by atoms with Gasteiger partial charge in [-0.3, -0.25) is 4.79 Å². The Bertz CT molecular complexity index is 494. The number of carbonyl (C=O) groups is 1. The van der Waals surface area contributed by atoms with Crippen molar-refractivity contribution in [1.82, 2.24) is 10.1 Å². The summed E-state index contributed by atoms with van der Waals surface area (Å²) in [5.74, 6) is 2.31. The zero-order chi connectivity index (χ0) is 15.6. The van der Waals surface area contributed by atoms with E-state index in [0.29, 0.717) is 5.75 Å². The van der Waals surface area contributed by atoms with Gasteiger partial charge < -0.3 is 15.2 Å². The van der Waals surface area contributed by atoms with E-state index in [1.807, 2.05) is 18.7 Å². The summed E-state index contributed by atoms with van der Waals surface area (Å²) in [6, 6.07) is 0.177. The Kier molecular flexibility index (Phi) is 4.99. The van der Waals surface area contributed by atoms with E-state index in [-0.39, 0.29) is 17.4 Å². The average molecular weight is 311 g/mol. The van der Waals surface area contributed by atoms with Crippen LogP contribution in [0.5, 0.6) is 0 Å². The Labute approximate surface area is 130 Å². The maximum absolute atomic E-state index is 12.3. The molecule has 2 rings (SSSR count). The summed E-state index contributed by atoms with van der Waals surface area (Å²) in [5, 5.41) is 3.93. The highest BCUT2D eigenvalue weighted by atomic mass is 32.2. The summed E-state index contributed by atoms with van der Waals surface area (Å²) in [5.41, 5.74) is 8.13. The second-order valence-electron chi connectivity index (χ2n) is 6.49. The van der Waals surface area contributed by atoms with Gasteiger partial charge in [0.15, 0.2) is 0 Å². The molecule has 1 fully saturated rings. The third-order valence-corrected chi connectivity index (χ3v) is 5.26. The highest BCUT2D eigenvalue weighted by Gasteiger charge is 2.35. The first kappa shape index (κ1) is 16.4. The van der Waals surface area contributed by atoms with E-state index < -0.39 is 0 Å². The van der Waals surface area contributed by atoms with Gasteiger partial charge in [-0.2, -0.15) is 0 Å². The number of rotatable bonds is 4. The second-order valence-corrected chi connectivity index (χ2v) is 7.48. The smallest absolute Gasteiger partial charge is 0.232 e. The first-order valence-corrected chi connectivity index (χ1v) is 8.49. The van der Waals surface area contributed by atoms with Crippen LogP contribution in [0.3, 0.4) is 0 Å². The number of aryl methyl sites for hydroxylation is 2. The van der Waals surface area contributed by atoms with Gasteiger partial charge in [-0.25, -0.2) is 0 Å². The number of thioether (sulfide) groups is 1. The number of aromatic nitrogens is 1. The molecule has 5 nitrogen and oxygen atoms in total. The standard InChI is InChI=1S/C15H25N3O2S/c1-10-12(11(2)20-17-10)7-21-8-14(19)18-6-5-13(16)15(3,4)9-18/h13H,5-9,16H2,1-4H3. The highest BCUT2D eigenvalue weighted by molar-refractivity contribution is 7.99. The third-order valence-electron chi connectivity index (χ3n) is 4.32. The minimum atomic E-state index is 0.000229. The molecule has 0 saturated carbocycles. The predicted octanol–water partition coefficient (Wildman–Crippen LogP) is 2.11. The van der Waals surface area contributed by atoms with E-state index in [9.17, 15) is 4.79 Å². The van der Waals surface area contributed by atoms with Crippen LogP contribution in [0, 0.1) is 19.3 Å². The maximum Gasteiger partial charge on any atom is 0.232 e. The summed E-state index contributed by atoms with van der Waals surface area (Å²) in [6.07, 6.45) is 0.882. The summed E-state index contributed by atoms with van der Waals surface area (Å²) >= 11 is 1.62. The van der Waals surface area contributed by atoms with E-state index in [1.54, 1.807) is 11.8 Å². The molecule has 0 aliphatic carbocycles. The number of hydrogen-bond acceptors (Lipinski definition) is 5. The fraction of sp³-hybridized carbons (Fsp3) is 0.733. The zero-order valence-electron chi connectivity index (χ0n) is 13.3. The molecule has 6 heteroatoms. The number of amides is 1. The van der Waals surface area contributed by atoms with Crippen molar-refractivity contribution in [3.05, 3.63) is 17.0 Å². The molecule has 1 aliphatic rings. The Morgan fingerprint density at radius 2 is 2.24 bits per heavy atom. The van der Waals surface area contributed by atoms with Gasteiger partial charge in [0.25, 0.3) is 0 Å². The van der Waals surface area contributed by atoms with Crippen LogP contribution in [0.25, 0.3) is 0 Å². The van der Waals surface area contributed by atoms with Crippen LogP contribution in [-0.2, 0) is 10.5 Å². The molecule has 1 aromatic rings. The number of likely N-dealkylation sites (tertiary alicyclic amines) is 1. The highest BCUT2D eigenvalue weighted by Crippen LogP contribution is 2.28. The van der Waals surface area contributed by atoms with Crippen LogP contribution in [0.2, 0.25) is 0 Å². The Morgan fingerprint density at radius 3 is 2.81 bits per heavy atom. The third kappa shape index (κ3) is 3.80. The van der Waals surface area contributed by atoms with Gasteiger partial charge in [0.05, 0.1) is 11.4 Å². The van der Waals surface area contributed by atoms with Gasteiger partial charge in [0.1, 0.15) is 5.76 Å². The second kappa shape index (κ2) is 6.40. The summed E-state index contributed by atoms with van der Waals surface area (Å²) < 4.78 is 5.14. The molecular formula is C15H25N3O2S. The number of nitrogens with two attached hydrogens (primary N) is 1. The topological polar surface area (TPSA) is 72.4 Å². The lowest BCUT2D eigenvalue weighted by atomic mass is 9.80. The Hall–Kier alpha value is -1.01. The molecule has 1 aliphatic heterocycles. The quantitative estimate of drug-likeness (QED) is 0.922. The van der Waals surface area contributed by atoms with Crippen LogP contribution in [0.15, 0.2) is 4.52 Å². The van der Waals surface area contributed by atoms with E-state index in [1.165, 1.54) is 0 Å². The first-order chi connectivity index (χ1) is 9.81. The SMILES string of the molecule is Cc1noc(C)c1CSCC(=O)N1CCC(N)C(C)(C)C1. The van der Waals surface area contributed by atoms with Crippen LogP contribution < -0.4 is 5.73 Å². The molecule has 2 N–H and O–H groups in total. The average Bonchev–Trinajstić information content (AvgIpc) is 2.73. The van der Waals surface area contributed by atoms with Crippen molar-refractivity contribution >= 4 is 17.7 Å². The minimum absolute atomic E-state index is 0.000229. The normalized spacial score (nSPS) is 21.6. The lowest BCUT2D eigenvalue weighted by Gasteiger charge is -2.42. The Balaban J connectivity index is 1.83. The molecule has 21 heavy (non-hydrogen) atoms. The lowest BCUT2D eigenvalue weighted by Crippen LogP contribution is -2.54. The van der Waals surface area contributed by atoms with Gasteiger partial charge >= 0.3 is 0 Å². The molecule has 1 aromatic heterocycles. The van der Waals surface area contributed by atoms with Crippen molar-refractivity contribution in [2.75, 3.05) is 18.8 Å². The Morgan fingerprint density at radius 1 is 1.52 bits per heavy atom. The number of nitrogens with zero attached hydrogens (tertiary/aromatic N) is 2. The van der Waals surface area contributed by atoms with Gasteiger partial charge in [0.2, 0.25) is 5.91 Å². The predicted molar refractivity (Wildman–Crippen MR) is 85.1 cm³/mol. The monoisotopic (exact) mass is 311 g/mol. The summed E-state index contributed by atoms with van der Waals surface area (Å²) in [7, 11) is 0. The van der Waals surface area contributed by atoms with Crippen molar-refractivity contribution in [3.63, 3.8) is 0 Å². The van der Waals surface area contributed by atoms with E-state index in [4.69, 9.17) is 10.3 Å². The van der Waals surface area contributed by atoms with E-state index >= 15 is 0 Å². The van der Waals surface area contributed by atoms with Crippen LogP contribution in [0.4, 0.5) is 0 Å². The molecule has 2 heterocycles. The van der Waals surface area contributed by atoms with Gasteiger partial charge in [0, 0.05) is 30.4 Å². The number of hydrogen-bond donors (Lipinski definition) is 1. The molecule has 1 saturated heterocycles.